The Hall–Kier alpha value is -2.09. The summed E-state index contributed by atoms with van der Waals surface area (Å²) in [7, 11) is -0.983. The largest absolute Gasteiger partial charge is 0.492 e. The molecule has 6 nitrogen and oxygen atoms in total. The number of nitrogens with one attached hydrogen (secondary N) is 2. The number of rotatable bonds is 11. The zero-order valence-corrected chi connectivity index (χ0v) is 21.1. The zero-order chi connectivity index (χ0) is 23.9. The molecule has 4 rings (SSSR count). The number of carbonyl (C=O) groups excluding carboxylic acids is 1. The van der Waals surface area contributed by atoms with Crippen LogP contribution in [0, 0.1) is 5.92 Å². The van der Waals surface area contributed by atoms with E-state index in [-0.39, 0.29) is 18.1 Å². The second-order valence-electron chi connectivity index (χ2n) is 9.01. The van der Waals surface area contributed by atoms with E-state index in [9.17, 15) is 9.00 Å². The van der Waals surface area contributed by atoms with Crippen LogP contribution in [0.25, 0.3) is 0 Å². The van der Waals surface area contributed by atoms with Gasteiger partial charge in [0.15, 0.2) is 0 Å². The van der Waals surface area contributed by atoms with Gasteiger partial charge in [0, 0.05) is 29.3 Å². The number of hydrogen-bond acceptors (Lipinski definition) is 4. The molecule has 2 N–H and O–H groups in total. The molecule has 0 aliphatic heterocycles. The quantitative estimate of drug-likeness (QED) is 0.432. The number of ether oxygens (including phenoxy) is 2. The number of carbonyl (C=O) groups is 1. The van der Waals surface area contributed by atoms with Gasteiger partial charge in [-0.25, -0.2) is 13.7 Å². The van der Waals surface area contributed by atoms with Gasteiger partial charge in [0.1, 0.15) is 12.4 Å². The SMILES string of the molecule is CCOC(=O)NC1CCc2ccc(OCCNS(=O)CC3CC3)cc2C1Cc1cccc(Cl)c1. The second-order valence-corrected chi connectivity index (χ2v) is 10.8. The van der Waals surface area contributed by atoms with E-state index < -0.39 is 11.0 Å². The highest BCUT2D eigenvalue weighted by Gasteiger charge is 2.31. The van der Waals surface area contributed by atoms with E-state index in [2.05, 4.69) is 28.2 Å². The predicted molar refractivity (Wildman–Crippen MR) is 136 cm³/mol. The minimum Gasteiger partial charge on any atom is -0.492 e. The maximum Gasteiger partial charge on any atom is 0.407 e. The van der Waals surface area contributed by atoms with Gasteiger partial charge in [0.05, 0.1) is 17.6 Å². The molecule has 0 heterocycles. The fraction of sp³-hybridized carbons (Fsp3) is 0.500. The third kappa shape index (κ3) is 7.20. The van der Waals surface area contributed by atoms with Crippen molar-refractivity contribution in [2.75, 3.05) is 25.5 Å². The Morgan fingerprint density at radius 3 is 2.79 bits per heavy atom. The maximum atomic E-state index is 12.2. The summed E-state index contributed by atoms with van der Waals surface area (Å²) in [5, 5.41) is 3.77. The molecule has 0 bridgehead atoms. The highest BCUT2D eigenvalue weighted by Crippen LogP contribution is 2.37. The number of fused-ring (bicyclic) bond motifs is 1. The van der Waals surface area contributed by atoms with Gasteiger partial charge in [-0.1, -0.05) is 29.8 Å². The van der Waals surface area contributed by atoms with Crippen LogP contribution in [0.5, 0.6) is 5.75 Å². The molecule has 2 aromatic rings. The van der Waals surface area contributed by atoms with E-state index in [1.54, 1.807) is 6.92 Å². The molecule has 2 aliphatic rings. The van der Waals surface area contributed by atoms with Crippen LogP contribution in [0.15, 0.2) is 42.5 Å². The van der Waals surface area contributed by atoms with Crippen LogP contribution in [0.1, 0.15) is 48.8 Å². The average molecular weight is 505 g/mol. The molecule has 0 saturated heterocycles. The van der Waals surface area contributed by atoms with E-state index in [1.165, 1.54) is 24.0 Å². The van der Waals surface area contributed by atoms with Crippen LogP contribution in [-0.4, -0.2) is 41.9 Å². The minimum absolute atomic E-state index is 0.0488. The Morgan fingerprint density at radius 1 is 1.18 bits per heavy atom. The number of amides is 1. The van der Waals surface area contributed by atoms with Crippen LogP contribution in [-0.2, 0) is 28.6 Å². The van der Waals surface area contributed by atoms with Crippen molar-refractivity contribution < 1.29 is 18.5 Å². The highest BCUT2D eigenvalue weighted by molar-refractivity contribution is 7.83. The van der Waals surface area contributed by atoms with Gasteiger partial charge >= 0.3 is 6.09 Å². The van der Waals surface area contributed by atoms with Gasteiger partial charge in [-0.15, -0.1) is 0 Å². The molecular formula is C26H33ClN2O4S. The van der Waals surface area contributed by atoms with Crippen molar-refractivity contribution in [3.05, 3.63) is 64.2 Å². The fourth-order valence-corrected chi connectivity index (χ4v) is 5.92. The summed E-state index contributed by atoms with van der Waals surface area (Å²) in [6.45, 7) is 3.12. The summed E-state index contributed by atoms with van der Waals surface area (Å²) in [6, 6.07) is 14.0. The van der Waals surface area contributed by atoms with Gasteiger partial charge in [-0.05, 0) is 85.9 Å². The Balaban J connectivity index is 1.45. The zero-order valence-electron chi connectivity index (χ0n) is 19.6. The lowest BCUT2D eigenvalue weighted by atomic mass is 9.76. The Morgan fingerprint density at radius 2 is 2.03 bits per heavy atom. The molecule has 1 saturated carbocycles. The Kier molecular flexibility index (Phi) is 8.86. The Labute approximate surface area is 209 Å². The van der Waals surface area contributed by atoms with Crippen molar-refractivity contribution in [2.24, 2.45) is 5.92 Å². The molecule has 3 atom stereocenters. The molecule has 0 spiro atoms. The van der Waals surface area contributed by atoms with Gasteiger partial charge in [-0.2, -0.15) is 0 Å². The van der Waals surface area contributed by atoms with Gasteiger partial charge in [0.25, 0.3) is 0 Å². The number of halogens is 1. The number of benzene rings is 2. The first-order valence-corrected chi connectivity index (χ1v) is 13.8. The van der Waals surface area contributed by atoms with E-state index in [0.29, 0.717) is 30.7 Å². The second kappa shape index (κ2) is 12.0. The van der Waals surface area contributed by atoms with Crippen molar-refractivity contribution in [2.45, 2.75) is 51.0 Å². The molecule has 0 radical (unpaired) electrons. The molecule has 2 aromatic carbocycles. The lowest BCUT2D eigenvalue weighted by molar-refractivity contribution is 0.144. The standard InChI is InChI=1S/C26H33ClN2O4S/c1-2-32-26(30)29-25-11-9-20-8-10-22(33-13-12-28-34(31)17-18-6-7-18)16-23(20)24(25)15-19-4-3-5-21(27)14-19/h3-5,8,10,14,16,18,24-25,28H,2,6-7,9,11-13,15,17H2,1H3,(H,29,30). The fourth-order valence-electron chi connectivity index (χ4n) is 4.51. The van der Waals surface area contributed by atoms with Gasteiger partial charge in [0.2, 0.25) is 0 Å². The van der Waals surface area contributed by atoms with Crippen molar-refractivity contribution in [3.8, 4) is 5.75 Å². The molecule has 1 fully saturated rings. The first kappa shape index (κ1) is 25.0. The van der Waals surface area contributed by atoms with Crippen molar-refractivity contribution in [1.82, 2.24) is 10.0 Å². The lowest BCUT2D eigenvalue weighted by Crippen LogP contribution is -2.43. The monoisotopic (exact) mass is 504 g/mol. The third-order valence-electron chi connectivity index (χ3n) is 6.37. The van der Waals surface area contributed by atoms with E-state index in [0.717, 1.165) is 36.3 Å². The number of hydrogen-bond donors (Lipinski definition) is 2. The highest BCUT2D eigenvalue weighted by atomic mass is 35.5. The number of alkyl carbamates (subject to hydrolysis) is 1. The van der Waals surface area contributed by atoms with Crippen LogP contribution in [0.3, 0.4) is 0 Å². The summed E-state index contributed by atoms with van der Waals surface area (Å²) in [4.78, 5) is 12.2. The van der Waals surface area contributed by atoms with Crippen molar-refractivity contribution in [1.29, 1.82) is 0 Å². The summed E-state index contributed by atoms with van der Waals surface area (Å²) in [5.41, 5.74) is 3.57. The molecule has 8 heteroatoms. The Bertz CT molecular complexity index is 1010. The maximum absolute atomic E-state index is 12.2. The molecule has 184 valence electrons. The molecular weight excluding hydrogens is 472 g/mol. The normalized spacial score (nSPS) is 20.3. The van der Waals surface area contributed by atoms with Crippen LogP contribution >= 0.6 is 11.6 Å². The molecule has 2 aliphatic carbocycles. The minimum atomic E-state index is -0.983. The van der Waals surface area contributed by atoms with Crippen LogP contribution < -0.4 is 14.8 Å². The molecule has 3 unspecified atom stereocenters. The van der Waals surface area contributed by atoms with E-state index in [4.69, 9.17) is 21.1 Å². The molecule has 34 heavy (non-hydrogen) atoms. The van der Waals surface area contributed by atoms with Gasteiger partial charge in [-0.3, -0.25) is 0 Å². The first-order valence-electron chi connectivity index (χ1n) is 12.1. The number of aryl methyl sites for hydroxylation is 1. The van der Waals surface area contributed by atoms with Gasteiger partial charge < -0.3 is 14.8 Å². The van der Waals surface area contributed by atoms with Crippen molar-refractivity contribution >= 4 is 28.7 Å². The first-order chi connectivity index (χ1) is 16.5. The van der Waals surface area contributed by atoms with Crippen LogP contribution in [0.4, 0.5) is 4.79 Å². The molecule has 1 amide bonds. The van der Waals surface area contributed by atoms with Crippen molar-refractivity contribution in [3.63, 3.8) is 0 Å². The lowest BCUT2D eigenvalue weighted by Gasteiger charge is -2.34. The average Bonchev–Trinajstić information content (AvgIpc) is 3.62. The smallest absolute Gasteiger partial charge is 0.407 e. The van der Waals surface area contributed by atoms with E-state index in [1.807, 2.05) is 24.3 Å². The summed E-state index contributed by atoms with van der Waals surface area (Å²) in [6.07, 6.45) is 4.47. The van der Waals surface area contributed by atoms with Crippen LogP contribution in [0.2, 0.25) is 5.02 Å². The van der Waals surface area contributed by atoms with E-state index >= 15 is 0 Å². The summed E-state index contributed by atoms with van der Waals surface area (Å²) >= 11 is 6.24. The summed E-state index contributed by atoms with van der Waals surface area (Å²) < 4.78 is 26.2. The third-order valence-corrected chi connectivity index (χ3v) is 7.90. The molecule has 0 aromatic heterocycles. The topological polar surface area (TPSA) is 76.7 Å². The summed E-state index contributed by atoms with van der Waals surface area (Å²) in [5.74, 6) is 2.21. The predicted octanol–water partition coefficient (Wildman–Crippen LogP) is 4.77.